The first-order chi connectivity index (χ1) is 9.45. The molecule has 0 fully saturated rings. The number of aromatic nitrogens is 2. The number of hydrogen-bond acceptors (Lipinski definition) is 4. The van der Waals surface area contributed by atoms with Gasteiger partial charge in [-0.15, -0.1) is 0 Å². The van der Waals surface area contributed by atoms with Crippen LogP contribution in [-0.2, 0) is 7.05 Å². The largest absolute Gasteiger partial charge is 0.395 e. The van der Waals surface area contributed by atoms with E-state index < -0.39 is 0 Å². The first-order valence-electron chi connectivity index (χ1n) is 6.03. The Hall–Kier alpha value is -2.81. The van der Waals surface area contributed by atoms with Gasteiger partial charge in [-0.25, -0.2) is 0 Å². The lowest BCUT2D eigenvalue weighted by molar-refractivity contribution is 0.0985. The van der Waals surface area contributed by atoms with Crippen LogP contribution >= 0.6 is 0 Å². The zero-order valence-electron chi connectivity index (χ0n) is 11.6. The monoisotopic (exact) mass is 269 g/mol. The topological polar surface area (TPSA) is 87.9 Å². The van der Waals surface area contributed by atoms with Crippen LogP contribution in [0.5, 0.6) is 0 Å². The van der Waals surface area contributed by atoms with Crippen LogP contribution in [0.2, 0.25) is 0 Å². The summed E-state index contributed by atoms with van der Waals surface area (Å²) >= 11 is 0. The Morgan fingerprint density at radius 2 is 2.00 bits per heavy atom. The molecule has 20 heavy (non-hydrogen) atoms. The van der Waals surface area contributed by atoms with E-state index in [2.05, 4.69) is 5.10 Å². The van der Waals surface area contributed by atoms with Gasteiger partial charge in [-0.3, -0.25) is 9.48 Å². The summed E-state index contributed by atoms with van der Waals surface area (Å²) in [7, 11) is 3.34. The van der Waals surface area contributed by atoms with Crippen LogP contribution in [0.4, 0.5) is 11.4 Å². The summed E-state index contributed by atoms with van der Waals surface area (Å²) in [6.07, 6.45) is 0. The molecule has 0 saturated carbocycles. The summed E-state index contributed by atoms with van der Waals surface area (Å²) < 4.78 is 1.48. The summed E-state index contributed by atoms with van der Waals surface area (Å²) in [5.74, 6) is -0.240. The Labute approximate surface area is 117 Å². The molecular weight excluding hydrogens is 254 g/mol. The molecule has 0 unspecified atom stereocenters. The van der Waals surface area contributed by atoms with Crippen LogP contribution in [0.25, 0.3) is 0 Å². The third kappa shape index (κ3) is 2.21. The third-order valence-corrected chi connectivity index (χ3v) is 3.16. The van der Waals surface area contributed by atoms with E-state index in [1.165, 1.54) is 9.58 Å². The zero-order valence-corrected chi connectivity index (χ0v) is 11.6. The standard InChI is InChI=1S/C14H15N5O/c1-9-12(16)13(19(3)17-9)14(20)18(2)11-6-4-10(8-15)5-7-11/h4-7H,16H2,1-3H3. The van der Waals surface area contributed by atoms with Gasteiger partial charge in [0.05, 0.1) is 23.0 Å². The van der Waals surface area contributed by atoms with E-state index in [-0.39, 0.29) is 5.91 Å². The van der Waals surface area contributed by atoms with E-state index in [1.807, 2.05) is 6.07 Å². The minimum atomic E-state index is -0.240. The van der Waals surface area contributed by atoms with Crippen LogP contribution in [-0.4, -0.2) is 22.7 Å². The van der Waals surface area contributed by atoms with E-state index in [0.29, 0.717) is 28.3 Å². The normalized spacial score (nSPS) is 10.1. The molecule has 1 heterocycles. The average Bonchev–Trinajstić information content (AvgIpc) is 2.71. The van der Waals surface area contributed by atoms with E-state index in [4.69, 9.17) is 11.0 Å². The van der Waals surface area contributed by atoms with Crippen molar-refractivity contribution in [1.29, 1.82) is 5.26 Å². The quantitative estimate of drug-likeness (QED) is 0.894. The molecule has 0 aliphatic rings. The molecule has 2 N–H and O–H groups in total. The molecule has 0 radical (unpaired) electrons. The van der Waals surface area contributed by atoms with Gasteiger partial charge in [-0.2, -0.15) is 10.4 Å². The van der Waals surface area contributed by atoms with Crippen molar-refractivity contribution >= 4 is 17.3 Å². The van der Waals surface area contributed by atoms with Gasteiger partial charge in [0.15, 0.2) is 0 Å². The lowest BCUT2D eigenvalue weighted by atomic mass is 10.2. The Kier molecular flexibility index (Phi) is 3.44. The van der Waals surface area contributed by atoms with Gasteiger partial charge < -0.3 is 10.6 Å². The molecule has 0 aliphatic carbocycles. The summed E-state index contributed by atoms with van der Waals surface area (Å²) in [5, 5.41) is 12.9. The molecule has 6 nitrogen and oxygen atoms in total. The molecule has 2 aromatic rings. The summed E-state index contributed by atoms with van der Waals surface area (Å²) in [5.41, 5.74) is 8.50. The second kappa shape index (κ2) is 5.05. The number of nitrogen functional groups attached to an aromatic ring is 1. The highest BCUT2D eigenvalue weighted by Gasteiger charge is 2.22. The minimum absolute atomic E-state index is 0.240. The Bertz CT molecular complexity index is 694. The smallest absolute Gasteiger partial charge is 0.278 e. The number of aryl methyl sites for hydroxylation is 2. The second-order valence-electron chi connectivity index (χ2n) is 4.49. The van der Waals surface area contributed by atoms with Crippen molar-refractivity contribution in [3.05, 3.63) is 41.2 Å². The van der Waals surface area contributed by atoms with Crippen molar-refractivity contribution in [3.63, 3.8) is 0 Å². The van der Waals surface area contributed by atoms with E-state index in [9.17, 15) is 4.79 Å². The maximum atomic E-state index is 12.5. The number of anilines is 2. The van der Waals surface area contributed by atoms with Gasteiger partial charge in [0.25, 0.3) is 5.91 Å². The number of nitrogens with two attached hydrogens (primary N) is 1. The molecule has 1 aromatic carbocycles. The molecule has 1 amide bonds. The first-order valence-corrected chi connectivity index (χ1v) is 6.03. The van der Waals surface area contributed by atoms with Crippen molar-refractivity contribution in [2.45, 2.75) is 6.92 Å². The third-order valence-electron chi connectivity index (χ3n) is 3.16. The number of rotatable bonds is 2. The van der Waals surface area contributed by atoms with Crippen LogP contribution in [0.15, 0.2) is 24.3 Å². The van der Waals surface area contributed by atoms with Gasteiger partial charge in [-0.1, -0.05) is 0 Å². The first kappa shape index (κ1) is 13.6. The van der Waals surface area contributed by atoms with Crippen LogP contribution < -0.4 is 10.6 Å². The molecule has 102 valence electrons. The van der Waals surface area contributed by atoms with E-state index in [1.54, 1.807) is 45.3 Å². The molecule has 0 aliphatic heterocycles. The molecule has 6 heteroatoms. The zero-order chi connectivity index (χ0) is 14.9. The van der Waals surface area contributed by atoms with Crippen LogP contribution in [0, 0.1) is 18.3 Å². The predicted octanol–water partition coefficient (Wildman–Crippen LogP) is 1.46. The number of nitrogens with zero attached hydrogens (tertiary/aromatic N) is 4. The lowest BCUT2D eigenvalue weighted by Gasteiger charge is -2.17. The molecular formula is C14H15N5O. The Morgan fingerprint density at radius 3 is 2.45 bits per heavy atom. The van der Waals surface area contributed by atoms with Gasteiger partial charge >= 0.3 is 0 Å². The molecule has 0 atom stereocenters. The molecule has 1 aromatic heterocycles. The number of carbonyl (C=O) groups excluding carboxylic acids is 1. The highest BCUT2D eigenvalue weighted by atomic mass is 16.2. The maximum absolute atomic E-state index is 12.5. The fourth-order valence-corrected chi connectivity index (χ4v) is 1.96. The highest BCUT2D eigenvalue weighted by molar-refractivity contribution is 6.08. The Morgan fingerprint density at radius 1 is 1.40 bits per heavy atom. The van der Waals surface area contributed by atoms with Crippen LogP contribution in [0.3, 0.4) is 0 Å². The molecule has 0 saturated heterocycles. The molecule has 0 spiro atoms. The minimum Gasteiger partial charge on any atom is -0.395 e. The summed E-state index contributed by atoms with van der Waals surface area (Å²) in [6, 6.07) is 8.80. The molecule has 0 bridgehead atoms. The Balaban J connectivity index is 2.35. The number of nitriles is 1. The van der Waals surface area contributed by atoms with Crippen molar-refractivity contribution < 1.29 is 4.79 Å². The average molecular weight is 269 g/mol. The maximum Gasteiger partial charge on any atom is 0.278 e. The van der Waals surface area contributed by atoms with E-state index >= 15 is 0 Å². The lowest BCUT2D eigenvalue weighted by Crippen LogP contribution is -2.28. The van der Waals surface area contributed by atoms with E-state index in [0.717, 1.165) is 0 Å². The van der Waals surface area contributed by atoms with Gasteiger partial charge in [0.2, 0.25) is 0 Å². The van der Waals surface area contributed by atoms with Gasteiger partial charge in [-0.05, 0) is 31.2 Å². The van der Waals surface area contributed by atoms with Crippen molar-refractivity contribution in [3.8, 4) is 6.07 Å². The second-order valence-corrected chi connectivity index (χ2v) is 4.49. The molecule has 2 rings (SSSR count). The fourth-order valence-electron chi connectivity index (χ4n) is 1.96. The highest BCUT2D eigenvalue weighted by Crippen LogP contribution is 2.21. The van der Waals surface area contributed by atoms with Crippen molar-refractivity contribution in [1.82, 2.24) is 9.78 Å². The van der Waals surface area contributed by atoms with Crippen LogP contribution in [0.1, 0.15) is 21.7 Å². The number of hydrogen-bond donors (Lipinski definition) is 1. The number of benzene rings is 1. The number of amides is 1. The fraction of sp³-hybridized carbons (Fsp3) is 0.214. The number of carbonyl (C=O) groups is 1. The SMILES string of the molecule is Cc1nn(C)c(C(=O)N(C)c2ccc(C#N)cc2)c1N. The van der Waals surface area contributed by atoms with Crippen molar-refractivity contribution in [2.75, 3.05) is 17.7 Å². The predicted molar refractivity (Wildman–Crippen MR) is 76.2 cm³/mol. The van der Waals surface area contributed by atoms with Gasteiger partial charge in [0, 0.05) is 19.8 Å². The van der Waals surface area contributed by atoms with Crippen molar-refractivity contribution in [2.24, 2.45) is 7.05 Å². The summed E-state index contributed by atoms with van der Waals surface area (Å²) in [4.78, 5) is 14.0. The van der Waals surface area contributed by atoms with Gasteiger partial charge in [0.1, 0.15) is 5.69 Å². The summed E-state index contributed by atoms with van der Waals surface area (Å²) in [6.45, 7) is 1.76.